The monoisotopic (exact) mass is 267 g/mol. The lowest BCUT2D eigenvalue weighted by molar-refractivity contribution is 0.100. The number of nitrogen functional groups attached to an aromatic ring is 1. The van der Waals surface area contributed by atoms with E-state index in [0.717, 1.165) is 17.9 Å². The molecule has 0 spiro atoms. The molecule has 4 N–H and O–H groups in total. The van der Waals surface area contributed by atoms with Gasteiger partial charge < -0.3 is 16.4 Å². The van der Waals surface area contributed by atoms with Gasteiger partial charge in [0.2, 0.25) is 0 Å². The van der Waals surface area contributed by atoms with E-state index in [9.17, 15) is 4.79 Å². The first kappa shape index (κ1) is 14.7. The minimum Gasteiger partial charge on any atom is -0.399 e. The number of amides is 1. The number of nitrogens with two attached hydrogens (primary N) is 2. The lowest BCUT2D eigenvalue weighted by Crippen LogP contribution is -2.34. The van der Waals surface area contributed by atoms with Gasteiger partial charge in [0.1, 0.15) is 0 Å². The Hall–Kier alpha value is -1.36. The first-order valence-corrected chi connectivity index (χ1v) is 7.31. The van der Waals surface area contributed by atoms with Crippen LogP contribution >= 0.6 is 11.8 Å². The summed E-state index contributed by atoms with van der Waals surface area (Å²) >= 11 is 1.79. The minimum absolute atomic E-state index is 0.361. The van der Waals surface area contributed by atoms with E-state index in [4.69, 9.17) is 11.5 Å². The Labute approximate surface area is 113 Å². The average Bonchev–Trinajstić information content (AvgIpc) is 2.34. The molecular weight excluding hydrogens is 246 g/mol. The van der Waals surface area contributed by atoms with Crippen LogP contribution in [0.3, 0.4) is 0 Å². The average molecular weight is 267 g/mol. The first-order valence-electron chi connectivity index (χ1n) is 5.92. The van der Waals surface area contributed by atoms with Crippen molar-refractivity contribution in [3.05, 3.63) is 23.8 Å². The summed E-state index contributed by atoms with van der Waals surface area (Å²) in [5, 5.41) is 0. The Morgan fingerprint density at radius 2 is 2.17 bits per heavy atom. The number of carbonyl (C=O) groups is 1. The molecule has 0 aromatic heterocycles. The standard InChI is InChI=1S/C13H21N3OS/c1-4-10(8-18-3)16(2)12-7-9(14)5-6-11(12)13(15)17/h5-7,10H,4,8,14H2,1-3H3,(H2,15,17). The summed E-state index contributed by atoms with van der Waals surface area (Å²) in [5.41, 5.74) is 13.2. The molecule has 1 atom stereocenters. The number of primary amides is 1. The Balaban J connectivity index is 3.13. The second-order valence-corrected chi connectivity index (χ2v) is 5.18. The van der Waals surface area contributed by atoms with Gasteiger partial charge in [0.15, 0.2) is 0 Å². The van der Waals surface area contributed by atoms with Crippen LogP contribution in [0.15, 0.2) is 18.2 Å². The van der Waals surface area contributed by atoms with Crippen LogP contribution in [0.25, 0.3) is 0 Å². The normalized spacial score (nSPS) is 12.2. The van der Waals surface area contributed by atoms with Gasteiger partial charge in [0.25, 0.3) is 5.91 Å². The van der Waals surface area contributed by atoms with Crippen molar-refractivity contribution in [3.63, 3.8) is 0 Å². The van der Waals surface area contributed by atoms with Crippen LogP contribution in [0.5, 0.6) is 0 Å². The molecule has 0 heterocycles. The number of hydrogen-bond acceptors (Lipinski definition) is 4. The van der Waals surface area contributed by atoms with Crippen molar-refractivity contribution in [2.24, 2.45) is 5.73 Å². The Bertz CT molecular complexity index is 423. The fourth-order valence-electron chi connectivity index (χ4n) is 1.94. The molecule has 0 aliphatic carbocycles. The Kier molecular flexibility index (Phi) is 5.34. The van der Waals surface area contributed by atoms with Crippen LogP contribution in [0, 0.1) is 0 Å². The molecule has 100 valence electrons. The predicted octanol–water partition coefficient (Wildman–Crippen LogP) is 1.95. The molecule has 0 saturated carbocycles. The molecule has 18 heavy (non-hydrogen) atoms. The summed E-state index contributed by atoms with van der Waals surface area (Å²) in [5.74, 6) is 0.579. The zero-order valence-electron chi connectivity index (χ0n) is 11.1. The number of nitrogens with zero attached hydrogens (tertiary/aromatic N) is 1. The van der Waals surface area contributed by atoms with Crippen LogP contribution in [0.4, 0.5) is 11.4 Å². The molecule has 4 nitrogen and oxygen atoms in total. The van der Waals surface area contributed by atoms with Gasteiger partial charge in [-0.1, -0.05) is 6.92 Å². The molecule has 1 aromatic carbocycles. The molecule has 1 amide bonds. The van der Waals surface area contributed by atoms with Gasteiger partial charge in [-0.2, -0.15) is 11.8 Å². The van der Waals surface area contributed by atoms with E-state index in [1.54, 1.807) is 23.9 Å². The van der Waals surface area contributed by atoms with E-state index in [-0.39, 0.29) is 0 Å². The van der Waals surface area contributed by atoms with Crippen LogP contribution in [-0.4, -0.2) is 31.0 Å². The summed E-state index contributed by atoms with van der Waals surface area (Å²) in [4.78, 5) is 13.5. The predicted molar refractivity (Wildman–Crippen MR) is 80.2 cm³/mol. The molecule has 0 fully saturated rings. The smallest absolute Gasteiger partial charge is 0.250 e. The molecule has 1 rings (SSSR count). The van der Waals surface area contributed by atoms with Gasteiger partial charge in [-0.3, -0.25) is 4.79 Å². The molecule has 1 unspecified atom stereocenters. The quantitative estimate of drug-likeness (QED) is 0.773. The second kappa shape index (κ2) is 6.54. The van der Waals surface area contributed by atoms with E-state index >= 15 is 0 Å². The van der Waals surface area contributed by atoms with Crippen LogP contribution in [0.2, 0.25) is 0 Å². The largest absolute Gasteiger partial charge is 0.399 e. The Morgan fingerprint density at radius 3 is 2.67 bits per heavy atom. The number of carbonyl (C=O) groups excluding carboxylic acids is 1. The number of anilines is 2. The minimum atomic E-state index is -0.421. The summed E-state index contributed by atoms with van der Waals surface area (Å²) < 4.78 is 0. The van der Waals surface area contributed by atoms with Crippen molar-refractivity contribution in [2.75, 3.05) is 29.7 Å². The van der Waals surface area contributed by atoms with Gasteiger partial charge in [-0.05, 0) is 30.9 Å². The van der Waals surface area contributed by atoms with Crippen molar-refractivity contribution in [2.45, 2.75) is 19.4 Å². The van der Waals surface area contributed by atoms with E-state index in [0.29, 0.717) is 17.3 Å². The van der Waals surface area contributed by atoms with E-state index in [1.807, 2.05) is 13.1 Å². The number of rotatable bonds is 6. The molecule has 5 heteroatoms. The maximum atomic E-state index is 11.5. The molecular formula is C13H21N3OS. The van der Waals surface area contributed by atoms with Gasteiger partial charge in [-0.25, -0.2) is 0 Å². The molecule has 0 aliphatic heterocycles. The fraction of sp³-hybridized carbons (Fsp3) is 0.462. The van der Waals surface area contributed by atoms with Crippen LogP contribution in [0.1, 0.15) is 23.7 Å². The maximum Gasteiger partial charge on any atom is 0.250 e. The van der Waals surface area contributed by atoms with Crippen molar-refractivity contribution in [3.8, 4) is 0 Å². The highest BCUT2D eigenvalue weighted by Gasteiger charge is 2.18. The topological polar surface area (TPSA) is 72.3 Å². The highest BCUT2D eigenvalue weighted by molar-refractivity contribution is 7.98. The zero-order chi connectivity index (χ0) is 13.7. The first-order chi connectivity index (χ1) is 8.51. The van der Waals surface area contributed by atoms with E-state index in [1.165, 1.54) is 0 Å². The third kappa shape index (κ3) is 3.32. The summed E-state index contributed by atoms with van der Waals surface area (Å²) in [6, 6.07) is 5.56. The third-order valence-electron chi connectivity index (χ3n) is 3.05. The van der Waals surface area contributed by atoms with E-state index < -0.39 is 5.91 Å². The van der Waals surface area contributed by atoms with Crippen molar-refractivity contribution >= 4 is 29.0 Å². The molecule has 0 radical (unpaired) electrons. The molecule has 0 aliphatic rings. The number of benzene rings is 1. The molecule has 0 bridgehead atoms. The lowest BCUT2D eigenvalue weighted by atomic mass is 10.1. The highest BCUT2D eigenvalue weighted by Crippen LogP contribution is 2.25. The van der Waals surface area contributed by atoms with Crippen molar-refractivity contribution in [1.82, 2.24) is 0 Å². The summed E-state index contributed by atoms with van der Waals surface area (Å²) in [6.45, 7) is 2.13. The Morgan fingerprint density at radius 1 is 1.50 bits per heavy atom. The van der Waals surface area contributed by atoms with Crippen molar-refractivity contribution < 1.29 is 4.79 Å². The zero-order valence-corrected chi connectivity index (χ0v) is 12.0. The van der Waals surface area contributed by atoms with Crippen LogP contribution < -0.4 is 16.4 Å². The van der Waals surface area contributed by atoms with Crippen LogP contribution in [-0.2, 0) is 0 Å². The van der Waals surface area contributed by atoms with Gasteiger partial charge in [0.05, 0.1) is 11.3 Å². The maximum absolute atomic E-state index is 11.5. The summed E-state index contributed by atoms with van der Waals surface area (Å²) in [6.07, 6.45) is 3.08. The SMILES string of the molecule is CCC(CSC)N(C)c1cc(N)ccc1C(N)=O. The van der Waals surface area contributed by atoms with Gasteiger partial charge in [-0.15, -0.1) is 0 Å². The fourth-order valence-corrected chi connectivity index (χ4v) is 2.79. The molecule has 0 saturated heterocycles. The molecule has 1 aromatic rings. The number of thioether (sulfide) groups is 1. The third-order valence-corrected chi connectivity index (χ3v) is 3.76. The second-order valence-electron chi connectivity index (χ2n) is 4.27. The van der Waals surface area contributed by atoms with E-state index in [2.05, 4.69) is 18.1 Å². The summed E-state index contributed by atoms with van der Waals surface area (Å²) in [7, 11) is 1.98. The number of hydrogen-bond donors (Lipinski definition) is 2. The highest BCUT2D eigenvalue weighted by atomic mass is 32.2. The lowest BCUT2D eigenvalue weighted by Gasteiger charge is -2.30. The van der Waals surface area contributed by atoms with Gasteiger partial charge >= 0.3 is 0 Å². The van der Waals surface area contributed by atoms with Gasteiger partial charge in [0, 0.05) is 24.5 Å². The van der Waals surface area contributed by atoms with Crippen molar-refractivity contribution in [1.29, 1.82) is 0 Å².